The Kier molecular flexibility index (Phi) is 21.8. The molecule has 2 aromatic rings. The summed E-state index contributed by atoms with van der Waals surface area (Å²) in [5.41, 5.74) is 5.69. The fourth-order valence-corrected chi connectivity index (χ4v) is 5.87. The summed E-state index contributed by atoms with van der Waals surface area (Å²) in [6.07, 6.45) is -2.04. The van der Waals surface area contributed by atoms with Gasteiger partial charge in [0.1, 0.15) is 47.8 Å². The molecule has 350 valence electrons. The van der Waals surface area contributed by atoms with Gasteiger partial charge in [-0.15, -0.1) is 0 Å². The highest BCUT2D eigenvalue weighted by Crippen LogP contribution is 2.14. The molecule has 64 heavy (non-hydrogen) atoms. The second-order valence-corrected chi connectivity index (χ2v) is 15.0. The summed E-state index contributed by atoms with van der Waals surface area (Å²) in [6.45, 7) is 2.83. The number of phenolic OH excluding ortho intramolecular Hbond substituents is 1. The first-order valence-electron chi connectivity index (χ1n) is 20.1. The monoisotopic (exact) mass is 902 g/mol. The zero-order valence-electron chi connectivity index (χ0n) is 35.4. The van der Waals surface area contributed by atoms with Crippen molar-refractivity contribution in [3.05, 3.63) is 65.5 Å². The van der Waals surface area contributed by atoms with Crippen molar-refractivity contribution in [2.45, 2.75) is 102 Å². The molecule has 0 aromatic heterocycles. The second kappa shape index (κ2) is 26.3. The normalized spacial score (nSPS) is 13.7. The van der Waals surface area contributed by atoms with E-state index in [9.17, 15) is 67.7 Å². The fourth-order valence-electron chi connectivity index (χ4n) is 5.87. The van der Waals surface area contributed by atoms with Gasteiger partial charge in [0.2, 0.25) is 41.4 Å². The molecule has 2 rings (SSSR count). The molecule has 0 aliphatic heterocycles. The van der Waals surface area contributed by atoms with Gasteiger partial charge in [0.05, 0.1) is 18.7 Å². The van der Waals surface area contributed by atoms with Crippen molar-refractivity contribution in [1.29, 1.82) is 0 Å². The third kappa shape index (κ3) is 18.8. The highest BCUT2D eigenvalue weighted by atomic mass is 19.1. The number of carboxylic acids is 2. The molecule has 0 unspecified atom stereocenters. The number of rotatable bonds is 27. The fraction of sp³-hybridized carbons (Fsp3) is 0.463. The zero-order valence-corrected chi connectivity index (χ0v) is 35.4. The number of aliphatic carboxylic acids is 2. The molecule has 0 radical (unpaired) electrons. The first kappa shape index (κ1) is 53.0. The van der Waals surface area contributed by atoms with Gasteiger partial charge in [0.25, 0.3) is 5.91 Å². The van der Waals surface area contributed by atoms with Crippen LogP contribution in [0.5, 0.6) is 5.75 Å². The Labute approximate surface area is 366 Å². The highest BCUT2D eigenvalue weighted by molar-refractivity contribution is 5.99. The third-order valence-electron chi connectivity index (χ3n) is 9.33. The van der Waals surface area contributed by atoms with Gasteiger partial charge in [-0.25, -0.2) is 4.39 Å². The van der Waals surface area contributed by atoms with Crippen LogP contribution in [0.1, 0.15) is 75.2 Å². The van der Waals surface area contributed by atoms with Crippen LogP contribution in [0.3, 0.4) is 0 Å². The number of amides is 8. The molecule has 6 atom stereocenters. The molecule has 0 bridgehead atoms. The van der Waals surface area contributed by atoms with Gasteiger partial charge in [0.15, 0.2) is 0 Å². The molecular formula is C41H55FN8O14. The average Bonchev–Trinajstić information content (AvgIpc) is 3.23. The van der Waals surface area contributed by atoms with Crippen molar-refractivity contribution >= 4 is 59.2 Å². The Morgan fingerprint density at radius 1 is 0.625 bits per heavy atom. The number of nitrogens with one attached hydrogen (secondary N) is 7. The lowest BCUT2D eigenvalue weighted by Crippen LogP contribution is -2.60. The average molecular weight is 903 g/mol. The Bertz CT molecular complexity index is 2000. The summed E-state index contributed by atoms with van der Waals surface area (Å²) in [7, 11) is 0. The van der Waals surface area contributed by atoms with Crippen molar-refractivity contribution in [1.82, 2.24) is 37.2 Å². The lowest BCUT2D eigenvalue weighted by molar-refractivity contribution is -0.139. The maximum Gasteiger partial charge on any atom is 0.303 e. The number of aromatic hydroxyl groups is 1. The maximum atomic E-state index is 14.0. The molecule has 0 saturated heterocycles. The number of halogens is 1. The van der Waals surface area contributed by atoms with Crippen molar-refractivity contribution < 1.29 is 72.8 Å². The van der Waals surface area contributed by atoms with Crippen molar-refractivity contribution in [3.8, 4) is 5.75 Å². The maximum absolute atomic E-state index is 14.0. The number of hydrogen-bond donors (Lipinski definition) is 12. The number of phenols is 1. The van der Waals surface area contributed by atoms with E-state index >= 15 is 0 Å². The summed E-state index contributed by atoms with van der Waals surface area (Å²) in [4.78, 5) is 126. The van der Waals surface area contributed by atoms with Crippen LogP contribution >= 0.6 is 0 Å². The summed E-state index contributed by atoms with van der Waals surface area (Å²) >= 11 is 0. The number of aliphatic hydroxyl groups is 1. The van der Waals surface area contributed by atoms with Gasteiger partial charge in [-0.05, 0) is 74.8 Å². The van der Waals surface area contributed by atoms with Gasteiger partial charge >= 0.3 is 11.9 Å². The topological polar surface area (TPSA) is 362 Å². The van der Waals surface area contributed by atoms with E-state index in [0.717, 1.165) is 6.07 Å². The van der Waals surface area contributed by atoms with Gasteiger partial charge in [0, 0.05) is 12.8 Å². The lowest BCUT2D eigenvalue weighted by Gasteiger charge is -2.27. The highest BCUT2D eigenvalue weighted by Gasteiger charge is 2.33. The predicted octanol–water partition coefficient (Wildman–Crippen LogP) is -1.92. The summed E-state index contributed by atoms with van der Waals surface area (Å²) in [5, 5.41) is 54.3. The van der Waals surface area contributed by atoms with Crippen molar-refractivity contribution in [2.75, 3.05) is 13.2 Å². The zero-order chi connectivity index (χ0) is 48.1. The number of carbonyl (C=O) groups excluding carboxylic acids is 8. The van der Waals surface area contributed by atoms with E-state index in [-0.39, 0.29) is 42.9 Å². The molecule has 8 amide bonds. The molecule has 0 heterocycles. The van der Waals surface area contributed by atoms with Gasteiger partial charge < -0.3 is 63.4 Å². The standard InChI is InChI=1S/C41H55FN8O14/c1-21(2)18-30(40(63)48-29(13-10-23-8-11-24(52)12-9-23)39(62)47-27(35(43)58)14-16-33(54)55)49-41(64)31(20-51)50-38(61)28(15-17-34(56)57)46-32(53)19-44-36(59)22(3)45-37(60)25-6-4-5-7-26(25)42/h4-9,11-12,21-22,27-31,51-52H,10,13-20H2,1-3H3,(H2,43,58)(H,44,59)(H,45,60)(H,46,53)(H,47,62)(H,48,63)(H,49,64)(H,50,61)(H,54,55)(H,56,57)/t22-,27-,28-,29-,30-,31-/m0/s1. The van der Waals surface area contributed by atoms with Gasteiger partial charge in [-0.1, -0.05) is 38.1 Å². The van der Waals surface area contributed by atoms with Crippen LogP contribution in [-0.4, -0.2) is 129 Å². The number of aliphatic hydroxyl groups excluding tert-OH is 1. The molecule has 22 nitrogen and oxygen atoms in total. The lowest BCUT2D eigenvalue weighted by atomic mass is 10.00. The van der Waals surface area contributed by atoms with Crippen molar-refractivity contribution in [3.63, 3.8) is 0 Å². The third-order valence-corrected chi connectivity index (χ3v) is 9.33. The smallest absolute Gasteiger partial charge is 0.303 e. The summed E-state index contributed by atoms with van der Waals surface area (Å²) in [6, 6.07) is 2.04. The van der Waals surface area contributed by atoms with Crippen LogP contribution in [0.15, 0.2) is 48.5 Å². The molecular weight excluding hydrogens is 847 g/mol. The Balaban J connectivity index is 2.19. The second-order valence-electron chi connectivity index (χ2n) is 15.0. The predicted molar refractivity (Wildman–Crippen MR) is 222 cm³/mol. The van der Waals surface area contributed by atoms with E-state index in [4.69, 9.17) is 10.8 Å². The molecule has 0 spiro atoms. The van der Waals surface area contributed by atoms with Crippen LogP contribution in [-0.2, 0) is 49.6 Å². The number of hydrogen-bond acceptors (Lipinski definition) is 12. The van der Waals surface area contributed by atoms with Crippen LogP contribution < -0.4 is 43.0 Å². The summed E-state index contributed by atoms with van der Waals surface area (Å²) < 4.78 is 14.0. The Morgan fingerprint density at radius 3 is 1.67 bits per heavy atom. The molecule has 0 aliphatic rings. The van der Waals surface area contributed by atoms with E-state index in [2.05, 4.69) is 37.2 Å². The number of nitrogens with two attached hydrogens (primary N) is 1. The van der Waals surface area contributed by atoms with E-state index in [1.165, 1.54) is 37.3 Å². The van der Waals surface area contributed by atoms with Gasteiger partial charge in [-0.3, -0.25) is 47.9 Å². The first-order chi connectivity index (χ1) is 30.1. The molecule has 0 fully saturated rings. The van der Waals surface area contributed by atoms with Crippen molar-refractivity contribution in [2.24, 2.45) is 11.7 Å². The molecule has 0 saturated carbocycles. The minimum absolute atomic E-state index is 0.0280. The van der Waals surface area contributed by atoms with Crippen LogP contribution in [0.2, 0.25) is 0 Å². The SMILES string of the molecule is CC(C)C[C@H](NC(=O)[C@H](CO)NC(=O)[C@H](CCC(=O)O)NC(=O)CNC(=O)[C@H](C)NC(=O)c1ccccc1F)C(=O)N[C@@H](CCc1ccc(O)cc1)C(=O)N[C@@H](CCC(=O)O)C(N)=O. The summed E-state index contributed by atoms with van der Waals surface area (Å²) in [5.74, 6) is -11.6. The van der Waals surface area contributed by atoms with Crippen LogP contribution in [0, 0.1) is 11.7 Å². The largest absolute Gasteiger partial charge is 0.508 e. The molecule has 23 heteroatoms. The molecule has 0 aliphatic carbocycles. The van der Waals surface area contributed by atoms with E-state index in [1.807, 2.05) is 0 Å². The van der Waals surface area contributed by atoms with E-state index < -0.39 is 134 Å². The number of aryl methyl sites for hydroxylation is 1. The minimum atomic E-state index is -1.78. The van der Waals surface area contributed by atoms with Gasteiger partial charge in [-0.2, -0.15) is 0 Å². The number of primary amides is 1. The molecule has 2 aromatic carbocycles. The first-order valence-corrected chi connectivity index (χ1v) is 20.1. The van der Waals surface area contributed by atoms with E-state index in [0.29, 0.717) is 5.56 Å². The number of carbonyl (C=O) groups is 10. The quantitative estimate of drug-likeness (QED) is 0.0465. The van der Waals surface area contributed by atoms with Crippen LogP contribution in [0.25, 0.3) is 0 Å². The van der Waals surface area contributed by atoms with E-state index in [1.54, 1.807) is 26.0 Å². The Hall–Kier alpha value is -7.17. The van der Waals surface area contributed by atoms with Crippen LogP contribution in [0.4, 0.5) is 4.39 Å². The Morgan fingerprint density at radius 2 is 1.12 bits per heavy atom. The number of benzene rings is 2. The number of carboxylic acid groups (broad SMARTS) is 2. The molecule has 13 N–H and O–H groups in total. The minimum Gasteiger partial charge on any atom is -0.508 e.